The molecule has 0 saturated heterocycles. The van der Waals surface area contributed by atoms with Crippen molar-refractivity contribution in [2.24, 2.45) is 0 Å². The van der Waals surface area contributed by atoms with Gasteiger partial charge in [-0.2, -0.15) is 11.3 Å². The van der Waals surface area contributed by atoms with Crippen molar-refractivity contribution in [2.45, 2.75) is 19.5 Å². The van der Waals surface area contributed by atoms with E-state index in [9.17, 15) is 0 Å². The van der Waals surface area contributed by atoms with Crippen LogP contribution in [0.3, 0.4) is 0 Å². The Morgan fingerprint density at radius 2 is 2.38 bits per heavy atom. The van der Waals surface area contributed by atoms with Crippen molar-refractivity contribution in [3.63, 3.8) is 0 Å². The highest BCUT2D eigenvalue weighted by Gasteiger charge is 2.10. The van der Waals surface area contributed by atoms with Gasteiger partial charge in [-0.15, -0.1) is 5.10 Å². The van der Waals surface area contributed by atoms with Crippen LogP contribution in [0.15, 0.2) is 21.2 Å². The van der Waals surface area contributed by atoms with Gasteiger partial charge in [-0.3, -0.25) is 0 Å². The van der Waals surface area contributed by atoms with Crippen molar-refractivity contribution >= 4 is 17.4 Å². The van der Waals surface area contributed by atoms with Crippen LogP contribution in [-0.2, 0) is 6.54 Å². The second kappa shape index (κ2) is 5.09. The monoisotopic (exact) mass is 238 g/mol. The molecule has 5 nitrogen and oxygen atoms in total. The average molecular weight is 238 g/mol. The molecule has 86 valence electrons. The zero-order valence-electron chi connectivity index (χ0n) is 9.23. The summed E-state index contributed by atoms with van der Waals surface area (Å²) in [7, 11) is 1.84. The molecule has 2 N–H and O–H groups in total. The summed E-state index contributed by atoms with van der Waals surface area (Å²) in [6, 6.07) is 2.71. The summed E-state index contributed by atoms with van der Waals surface area (Å²) in [6.45, 7) is 2.64. The summed E-state index contributed by atoms with van der Waals surface area (Å²) >= 11 is 1.68. The summed E-state index contributed by atoms with van der Waals surface area (Å²) in [6.07, 6.45) is 0. The van der Waals surface area contributed by atoms with Crippen LogP contribution in [0.1, 0.15) is 24.4 Å². The number of anilines is 1. The van der Waals surface area contributed by atoms with Crippen LogP contribution in [0, 0.1) is 0 Å². The summed E-state index contributed by atoms with van der Waals surface area (Å²) in [5.74, 6) is 0.586. The summed E-state index contributed by atoms with van der Waals surface area (Å²) in [5.41, 5.74) is 1.22. The lowest BCUT2D eigenvalue weighted by Gasteiger charge is -2.09. The topological polar surface area (TPSA) is 63.0 Å². The molecule has 0 spiro atoms. The van der Waals surface area contributed by atoms with Crippen LogP contribution >= 0.6 is 11.3 Å². The zero-order chi connectivity index (χ0) is 11.4. The first-order chi connectivity index (χ1) is 7.79. The van der Waals surface area contributed by atoms with Gasteiger partial charge in [-0.1, -0.05) is 5.10 Å². The van der Waals surface area contributed by atoms with E-state index in [0.29, 0.717) is 18.5 Å². The van der Waals surface area contributed by atoms with Crippen LogP contribution in [0.2, 0.25) is 0 Å². The smallest absolute Gasteiger partial charge is 0.315 e. The number of hydrogen-bond donors (Lipinski definition) is 2. The molecule has 2 aromatic rings. The molecule has 0 aliphatic rings. The number of nitrogens with zero attached hydrogens (tertiary/aromatic N) is 2. The minimum atomic E-state index is 0.175. The first-order valence-corrected chi connectivity index (χ1v) is 5.99. The van der Waals surface area contributed by atoms with E-state index in [1.807, 2.05) is 12.4 Å². The average Bonchev–Trinajstić information content (AvgIpc) is 2.89. The number of rotatable bonds is 5. The van der Waals surface area contributed by atoms with Crippen LogP contribution in [0.5, 0.6) is 0 Å². The van der Waals surface area contributed by atoms with Gasteiger partial charge in [0, 0.05) is 0 Å². The Morgan fingerprint density at radius 1 is 1.50 bits per heavy atom. The van der Waals surface area contributed by atoms with Crippen molar-refractivity contribution in [3.05, 3.63) is 28.3 Å². The highest BCUT2D eigenvalue weighted by atomic mass is 32.1. The first-order valence-electron chi connectivity index (χ1n) is 5.05. The van der Waals surface area contributed by atoms with E-state index in [4.69, 9.17) is 4.42 Å². The predicted octanol–water partition coefficient (Wildman–Crippen LogP) is 2.02. The van der Waals surface area contributed by atoms with Gasteiger partial charge in [0.05, 0.1) is 12.6 Å². The van der Waals surface area contributed by atoms with Gasteiger partial charge < -0.3 is 15.1 Å². The van der Waals surface area contributed by atoms with Gasteiger partial charge >= 0.3 is 6.01 Å². The highest BCUT2D eigenvalue weighted by molar-refractivity contribution is 7.07. The molecule has 6 heteroatoms. The quantitative estimate of drug-likeness (QED) is 0.834. The first kappa shape index (κ1) is 11.1. The molecular formula is C10H14N4OS. The van der Waals surface area contributed by atoms with E-state index >= 15 is 0 Å². The number of thiophene rings is 1. The fourth-order valence-corrected chi connectivity index (χ4v) is 2.08. The number of hydrogen-bond acceptors (Lipinski definition) is 6. The van der Waals surface area contributed by atoms with Crippen molar-refractivity contribution in [1.82, 2.24) is 15.5 Å². The fraction of sp³-hybridized carbons (Fsp3) is 0.400. The van der Waals surface area contributed by atoms with Crippen LogP contribution < -0.4 is 10.6 Å². The molecule has 1 unspecified atom stereocenters. The van der Waals surface area contributed by atoms with Crippen molar-refractivity contribution in [3.8, 4) is 0 Å². The number of aromatic nitrogens is 2. The third kappa shape index (κ3) is 2.59. The Labute approximate surface area is 97.9 Å². The molecule has 0 aromatic carbocycles. The third-order valence-electron chi connectivity index (χ3n) is 2.18. The molecule has 0 bridgehead atoms. The Morgan fingerprint density at radius 3 is 3.06 bits per heavy atom. The maximum Gasteiger partial charge on any atom is 0.315 e. The maximum atomic E-state index is 5.40. The highest BCUT2D eigenvalue weighted by Crippen LogP contribution is 2.20. The van der Waals surface area contributed by atoms with Gasteiger partial charge in [-0.05, 0) is 36.4 Å². The Balaban J connectivity index is 1.98. The van der Waals surface area contributed by atoms with Gasteiger partial charge in [0.1, 0.15) is 0 Å². The molecule has 0 aliphatic carbocycles. The molecule has 2 rings (SSSR count). The van der Waals surface area contributed by atoms with E-state index < -0.39 is 0 Å². The Bertz CT molecular complexity index is 426. The van der Waals surface area contributed by atoms with Crippen molar-refractivity contribution in [1.29, 1.82) is 0 Å². The lowest BCUT2D eigenvalue weighted by molar-refractivity contribution is 0.486. The van der Waals surface area contributed by atoms with E-state index in [-0.39, 0.29) is 6.04 Å². The summed E-state index contributed by atoms with van der Waals surface area (Å²) < 4.78 is 5.40. The van der Waals surface area contributed by atoms with Crippen molar-refractivity contribution in [2.75, 3.05) is 12.4 Å². The van der Waals surface area contributed by atoms with E-state index in [2.05, 4.69) is 39.2 Å². The fourth-order valence-electron chi connectivity index (χ4n) is 1.32. The van der Waals surface area contributed by atoms with Gasteiger partial charge in [0.25, 0.3) is 0 Å². The molecular weight excluding hydrogens is 224 g/mol. The lowest BCUT2D eigenvalue weighted by atomic mass is 10.2. The lowest BCUT2D eigenvalue weighted by Crippen LogP contribution is -2.05. The summed E-state index contributed by atoms with van der Waals surface area (Å²) in [5, 5.41) is 18.1. The Hall–Kier alpha value is -1.40. The second-order valence-electron chi connectivity index (χ2n) is 3.45. The largest absolute Gasteiger partial charge is 0.407 e. The molecule has 16 heavy (non-hydrogen) atoms. The van der Waals surface area contributed by atoms with Crippen LogP contribution in [0.25, 0.3) is 0 Å². The maximum absolute atomic E-state index is 5.40. The molecule has 1 atom stereocenters. The molecule has 0 amide bonds. The zero-order valence-corrected chi connectivity index (χ0v) is 10.0. The number of nitrogens with one attached hydrogen (secondary N) is 2. The molecule has 2 heterocycles. The molecule has 0 fully saturated rings. The molecule has 0 saturated carbocycles. The molecule has 0 aliphatic heterocycles. The SMILES string of the molecule is CNCc1nnc(NC(C)c2ccsc2)o1. The van der Waals surface area contributed by atoms with E-state index in [1.165, 1.54) is 5.56 Å². The molecule has 0 radical (unpaired) electrons. The van der Waals surface area contributed by atoms with E-state index in [1.54, 1.807) is 11.3 Å². The van der Waals surface area contributed by atoms with Crippen molar-refractivity contribution < 1.29 is 4.42 Å². The summed E-state index contributed by atoms with van der Waals surface area (Å²) in [4.78, 5) is 0. The standard InChI is InChI=1S/C10H14N4OS/c1-7(8-3-4-16-6-8)12-10-14-13-9(15-10)5-11-2/h3-4,6-7,11H,5H2,1-2H3,(H,12,14). The Kier molecular flexibility index (Phi) is 3.53. The van der Waals surface area contributed by atoms with Gasteiger partial charge in [0.2, 0.25) is 5.89 Å². The minimum absolute atomic E-state index is 0.175. The van der Waals surface area contributed by atoms with E-state index in [0.717, 1.165) is 0 Å². The second-order valence-corrected chi connectivity index (χ2v) is 4.23. The normalized spacial score (nSPS) is 12.6. The van der Waals surface area contributed by atoms with Crippen LogP contribution in [0.4, 0.5) is 6.01 Å². The molecule has 2 aromatic heterocycles. The van der Waals surface area contributed by atoms with Gasteiger partial charge in [0.15, 0.2) is 0 Å². The third-order valence-corrected chi connectivity index (χ3v) is 2.88. The minimum Gasteiger partial charge on any atom is -0.407 e. The van der Waals surface area contributed by atoms with Crippen LogP contribution in [-0.4, -0.2) is 17.2 Å². The van der Waals surface area contributed by atoms with Gasteiger partial charge in [-0.25, -0.2) is 0 Å². The predicted molar refractivity (Wildman–Crippen MR) is 63.4 cm³/mol.